The number of hydrogen-bond acceptors (Lipinski definition) is 4. The number of nitrogens with one attached hydrogen (secondary N) is 1. The highest BCUT2D eigenvalue weighted by Gasteiger charge is 2.30. The zero-order chi connectivity index (χ0) is 13.8. The normalized spacial score (nSPS) is 24.2. The Morgan fingerprint density at radius 1 is 1.32 bits per heavy atom. The fourth-order valence-electron chi connectivity index (χ4n) is 2.99. The molecule has 4 heteroatoms. The Bertz CT molecular complexity index is 448. The number of likely N-dealkylation sites (N-methyl/N-ethyl adjacent to an activating group) is 2. The Morgan fingerprint density at radius 2 is 2.00 bits per heavy atom. The van der Waals surface area contributed by atoms with Crippen molar-refractivity contribution in [2.75, 3.05) is 38.6 Å². The molecule has 1 aliphatic heterocycles. The topological polar surface area (TPSA) is 42.3 Å². The van der Waals surface area contributed by atoms with Crippen molar-refractivity contribution in [3.8, 4) is 6.07 Å². The van der Waals surface area contributed by atoms with Gasteiger partial charge in [0.2, 0.25) is 0 Å². The lowest BCUT2D eigenvalue weighted by atomic mass is 10.0. The summed E-state index contributed by atoms with van der Waals surface area (Å²) in [6, 6.07) is 11.0. The van der Waals surface area contributed by atoms with E-state index in [4.69, 9.17) is 5.26 Å². The van der Waals surface area contributed by atoms with E-state index in [0.29, 0.717) is 12.1 Å². The molecule has 1 heterocycles. The van der Waals surface area contributed by atoms with Crippen molar-refractivity contribution in [3.05, 3.63) is 29.8 Å². The van der Waals surface area contributed by atoms with Gasteiger partial charge in [0.1, 0.15) is 0 Å². The Labute approximate surface area is 115 Å². The molecule has 0 bridgehead atoms. The Hall–Kier alpha value is -1.57. The summed E-state index contributed by atoms with van der Waals surface area (Å²) < 4.78 is 0. The van der Waals surface area contributed by atoms with Crippen LogP contribution in [-0.2, 0) is 0 Å². The predicted octanol–water partition coefficient (Wildman–Crippen LogP) is 1.29. The largest absolute Gasteiger partial charge is 0.362 e. The van der Waals surface area contributed by atoms with Crippen LogP contribution in [0.25, 0.3) is 0 Å². The van der Waals surface area contributed by atoms with Gasteiger partial charge in [-0.1, -0.05) is 0 Å². The van der Waals surface area contributed by atoms with Gasteiger partial charge in [-0.15, -0.1) is 0 Å². The number of rotatable bonds is 3. The fourth-order valence-corrected chi connectivity index (χ4v) is 2.99. The summed E-state index contributed by atoms with van der Waals surface area (Å²) in [6.45, 7) is 5.36. The van der Waals surface area contributed by atoms with E-state index in [2.05, 4.69) is 47.3 Å². The molecule has 1 fully saturated rings. The molecule has 2 unspecified atom stereocenters. The molecule has 0 aromatic heterocycles. The lowest BCUT2D eigenvalue weighted by molar-refractivity contribution is 0.231. The lowest BCUT2D eigenvalue weighted by Gasteiger charge is -2.46. The molecule has 0 spiro atoms. The number of nitrogens with zero attached hydrogens (tertiary/aromatic N) is 3. The highest BCUT2D eigenvalue weighted by Crippen LogP contribution is 2.24. The molecular formula is C15H22N4. The summed E-state index contributed by atoms with van der Waals surface area (Å²) in [7, 11) is 4.17. The first-order valence-corrected chi connectivity index (χ1v) is 6.77. The average molecular weight is 258 g/mol. The van der Waals surface area contributed by atoms with Crippen molar-refractivity contribution in [2.45, 2.75) is 19.0 Å². The molecule has 1 aromatic rings. The van der Waals surface area contributed by atoms with Gasteiger partial charge < -0.3 is 15.1 Å². The van der Waals surface area contributed by atoms with Gasteiger partial charge in [-0.3, -0.25) is 0 Å². The zero-order valence-electron chi connectivity index (χ0n) is 11.9. The molecule has 2 atom stereocenters. The smallest absolute Gasteiger partial charge is 0.0991 e. The van der Waals surface area contributed by atoms with Crippen LogP contribution in [0.3, 0.4) is 0 Å². The quantitative estimate of drug-likeness (QED) is 0.887. The molecule has 0 radical (unpaired) electrons. The van der Waals surface area contributed by atoms with Crippen LogP contribution in [0.5, 0.6) is 0 Å². The third kappa shape index (κ3) is 3.06. The number of benzene rings is 1. The summed E-state index contributed by atoms with van der Waals surface area (Å²) in [5.41, 5.74) is 1.93. The summed E-state index contributed by atoms with van der Waals surface area (Å²) >= 11 is 0. The van der Waals surface area contributed by atoms with Gasteiger partial charge in [0, 0.05) is 31.4 Å². The molecule has 1 aromatic carbocycles. The summed E-state index contributed by atoms with van der Waals surface area (Å²) in [6.07, 6.45) is 0. The molecule has 102 valence electrons. The van der Waals surface area contributed by atoms with Crippen molar-refractivity contribution >= 4 is 5.69 Å². The number of piperazine rings is 1. The first-order valence-electron chi connectivity index (χ1n) is 6.77. The molecule has 4 nitrogen and oxygen atoms in total. The first-order chi connectivity index (χ1) is 9.15. The predicted molar refractivity (Wildman–Crippen MR) is 78.3 cm³/mol. The van der Waals surface area contributed by atoms with Gasteiger partial charge >= 0.3 is 0 Å². The van der Waals surface area contributed by atoms with E-state index < -0.39 is 0 Å². The lowest BCUT2D eigenvalue weighted by Crippen LogP contribution is -2.59. The minimum absolute atomic E-state index is 0.465. The van der Waals surface area contributed by atoms with Crippen LogP contribution in [-0.4, -0.2) is 50.7 Å². The van der Waals surface area contributed by atoms with Gasteiger partial charge in [0.15, 0.2) is 0 Å². The SMILES string of the molecule is CNCC1CN(C)CC(C)N1c1ccc(C#N)cc1. The van der Waals surface area contributed by atoms with E-state index in [1.807, 2.05) is 19.2 Å². The van der Waals surface area contributed by atoms with Crippen molar-refractivity contribution in [2.24, 2.45) is 0 Å². The van der Waals surface area contributed by atoms with E-state index in [-0.39, 0.29) is 0 Å². The van der Waals surface area contributed by atoms with Gasteiger partial charge in [0.05, 0.1) is 17.7 Å². The van der Waals surface area contributed by atoms with Crippen molar-refractivity contribution < 1.29 is 0 Å². The van der Waals surface area contributed by atoms with Crippen LogP contribution in [0, 0.1) is 11.3 Å². The number of anilines is 1. The van der Waals surface area contributed by atoms with E-state index in [0.717, 1.165) is 25.2 Å². The molecule has 0 saturated carbocycles. The van der Waals surface area contributed by atoms with Crippen LogP contribution in [0.2, 0.25) is 0 Å². The first kappa shape index (κ1) is 13.9. The maximum Gasteiger partial charge on any atom is 0.0991 e. The second-order valence-electron chi connectivity index (χ2n) is 5.35. The Morgan fingerprint density at radius 3 is 2.58 bits per heavy atom. The van der Waals surface area contributed by atoms with Crippen molar-refractivity contribution in [3.63, 3.8) is 0 Å². The van der Waals surface area contributed by atoms with Crippen LogP contribution >= 0.6 is 0 Å². The molecule has 0 amide bonds. The van der Waals surface area contributed by atoms with Gasteiger partial charge in [-0.05, 0) is 45.3 Å². The van der Waals surface area contributed by atoms with Crippen molar-refractivity contribution in [1.82, 2.24) is 10.2 Å². The molecule has 1 saturated heterocycles. The number of hydrogen-bond donors (Lipinski definition) is 1. The summed E-state index contributed by atoms with van der Waals surface area (Å²) in [5.74, 6) is 0. The summed E-state index contributed by atoms with van der Waals surface area (Å²) in [4.78, 5) is 4.85. The van der Waals surface area contributed by atoms with E-state index in [1.165, 1.54) is 5.69 Å². The fraction of sp³-hybridized carbons (Fsp3) is 0.533. The highest BCUT2D eigenvalue weighted by atomic mass is 15.3. The Kier molecular flexibility index (Phi) is 4.41. The third-order valence-electron chi connectivity index (χ3n) is 3.70. The van der Waals surface area contributed by atoms with E-state index in [9.17, 15) is 0 Å². The second kappa shape index (κ2) is 6.05. The third-order valence-corrected chi connectivity index (χ3v) is 3.70. The van der Waals surface area contributed by atoms with Crippen LogP contribution in [0.1, 0.15) is 12.5 Å². The van der Waals surface area contributed by atoms with E-state index >= 15 is 0 Å². The standard InChI is InChI=1S/C15H22N4/c1-12-10-18(3)11-15(9-17-2)19(12)14-6-4-13(8-16)5-7-14/h4-7,12,15,17H,9-11H2,1-3H3. The van der Waals surface area contributed by atoms with Gasteiger partial charge in [-0.25, -0.2) is 0 Å². The van der Waals surface area contributed by atoms with Gasteiger partial charge in [0.25, 0.3) is 0 Å². The second-order valence-corrected chi connectivity index (χ2v) is 5.35. The minimum Gasteiger partial charge on any atom is -0.362 e. The van der Waals surface area contributed by atoms with E-state index in [1.54, 1.807) is 0 Å². The maximum atomic E-state index is 8.88. The van der Waals surface area contributed by atoms with Crippen molar-refractivity contribution in [1.29, 1.82) is 5.26 Å². The zero-order valence-corrected chi connectivity index (χ0v) is 11.9. The maximum absolute atomic E-state index is 8.88. The van der Waals surface area contributed by atoms with Crippen LogP contribution in [0.4, 0.5) is 5.69 Å². The average Bonchev–Trinajstić information content (AvgIpc) is 2.39. The molecule has 19 heavy (non-hydrogen) atoms. The number of nitriles is 1. The monoisotopic (exact) mass is 258 g/mol. The molecule has 2 rings (SSSR count). The molecule has 1 N–H and O–H groups in total. The minimum atomic E-state index is 0.465. The van der Waals surface area contributed by atoms with Crippen LogP contribution in [0.15, 0.2) is 24.3 Å². The van der Waals surface area contributed by atoms with Gasteiger partial charge in [-0.2, -0.15) is 5.26 Å². The van der Waals surface area contributed by atoms with Crippen LogP contribution < -0.4 is 10.2 Å². The molecular weight excluding hydrogens is 236 g/mol. The summed E-state index contributed by atoms with van der Waals surface area (Å²) in [5, 5.41) is 12.2. The highest BCUT2D eigenvalue weighted by molar-refractivity contribution is 5.52. The molecule has 1 aliphatic rings. The Balaban J connectivity index is 2.24. The molecule has 0 aliphatic carbocycles.